The van der Waals surface area contributed by atoms with Gasteiger partial charge in [0.2, 0.25) is 6.41 Å². The number of aliphatic imine (C=N–C) groups is 1. The van der Waals surface area contributed by atoms with Gasteiger partial charge < -0.3 is 11.5 Å². The van der Waals surface area contributed by atoms with E-state index in [1.165, 1.54) is 12.8 Å². The molecular formula is C8H14N4O. The molecule has 5 nitrogen and oxygen atoms in total. The van der Waals surface area contributed by atoms with Crippen LogP contribution in [0.4, 0.5) is 0 Å². The zero-order chi connectivity index (χ0) is 10.1. The van der Waals surface area contributed by atoms with E-state index < -0.39 is 0 Å². The molecule has 0 unspecified atom stereocenters. The maximum absolute atomic E-state index is 8.58. The van der Waals surface area contributed by atoms with Gasteiger partial charge in [-0.05, 0) is 24.8 Å². The molecule has 0 bridgehead atoms. The largest absolute Gasteiger partial charge is 0.384 e. The Hall–Kier alpha value is -1.65. The van der Waals surface area contributed by atoms with E-state index in [1.807, 2.05) is 6.08 Å². The molecule has 0 spiro atoms. The van der Waals surface area contributed by atoms with Gasteiger partial charge in [-0.15, -0.1) is 0 Å². The van der Waals surface area contributed by atoms with Gasteiger partial charge in [0.25, 0.3) is 0 Å². The van der Waals surface area contributed by atoms with Crippen molar-refractivity contribution in [3.63, 3.8) is 0 Å². The van der Waals surface area contributed by atoms with Crippen molar-refractivity contribution in [3.8, 4) is 0 Å². The third kappa shape index (κ3) is 8.25. The summed E-state index contributed by atoms with van der Waals surface area (Å²) in [7, 11) is 0. The lowest BCUT2D eigenvalue weighted by Crippen LogP contribution is -2.07. The molecule has 5 N–H and O–H groups in total. The SMILES string of the molecule is N=CN=C(N)/C=C/C1CC1.NC=O. The van der Waals surface area contributed by atoms with E-state index in [1.54, 1.807) is 6.08 Å². The molecule has 1 fully saturated rings. The Morgan fingerprint density at radius 3 is 2.46 bits per heavy atom. The van der Waals surface area contributed by atoms with Crippen molar-refractivity contribution in [2.75, 3.05) is 0 Å². The number of carbonyl (C=O) groups is 1. The van der Waals surface area contributed by atoms with Crippen LogP contribution in [0.1, 0.15) is 12.8 Å². The van der Waals surface area contributed by atoms with E-state index in [-0.39, 0.29) is 6.41 Å². The van der Waals surface area contributed by atoms with Crippen molar-refractivity contribution in [2.24, 2.45) is 22.4 Å². The number of carbonyl (C=O) groups excluding carboxylic acids is 1. The lowest BCUT2D eigenvalue weighted by molar-refractivity contribution is -0.106. The van der Waals surface area contributed by atoms with E-state index >= 15 is 0 Å². The normalized spacial score (nSPS) is 16.2. The molecule has 0 saturated heterocycles. The number of hydrogen-bond donors (Lipinski definition) is 3. The van der Waals surface area contributed by atoms with Crippen LogP contribution in [-0.4, -0.2) is 18.6 Å². The topological polar surface area (TPSA) is 105 Å². The molecule has 0 atom stereocenters. The summed E-state index contributed by atoms with van der Waals surface area (Å²) in [6, 6.07) is 0. The van der Waals surface area contributed by atoms with Crippen LogP contribution >= 0.6 is 0 Å². The van der Waals surface area contributed by atoms with E-state index in [9.17, 15) is 0 Å². The van der Waals surface area contributed by atoms with Crippen LogP contribution in [0.25, 0.3) is 0 Å². The molecule has 72 valence electrons. The third-order valence-corrected chi connectivity index (χ3v) is 1.37. The van der Waals surface area contributed by atoms with Crippen LogP contribution in [0.2, 0.25) is 0 Å². The van der Waals surface area contributed by atoms with Gasteiger partial charge in [-0.3, -0.25) is 10.2 Å². The number of nitrogens with one attached hydrogen (secondary N) is 1. The van der Waals surface area contributed by atoms with Crippen LogP contribution in [0, 0.1) is 11.3 Å². The number of nitrogens with zero attached hydrogens (tertiary/aromatic N) is 1. The van der Waals surface area contributed by atoms with Gasteiger partial charge in [-0.25, -0.2) is 4.99 Å². The number of primary amides is 1. The highest BCUT2D eigenvalue weighted by atomic mass is 16.1. The first-order valence-corrected chi connectivity index (χ1v) is 3.90. The highest BCUT2D eigenvalue weighted by Crippen LogP contribution is 2.29. The maximum atomic E-state index is 8.58. The number of rotatable bonds is 3. The minimum absolute atomic E-state index is 0.250. The number of amidine groups is 1. The van der Waals surface area contributed by atoms with Crippen LogP contribution in [0.15, 0.2) is 17.1 Å². The van der Waals surface area contributed by atoms with E-state index in [4.69, 9.17) is 15.9 Å². The van der Waals surface area contributed by atoms with E-state index in [2.05, 4.69) is 10.7 Å². The van der Waals surface area contributed by atoms with Crippen molar-refractivity contribution in [1.82, 2.24) is 0 Å². The molecule has 0 aromatic heterocycles. The van der Waals surface area contributed by atoms with Crippen LogP contribution in [0.3, 0.4) is 0 Å². The number of allylic oxidation sites excluding steroid dienone is 1. The second-order valence-corrected chi connectivity index (χ2v) is 2.52. The van der Waals surface area contributed by atoms with Crippen LogP contribution in [0.5, 0.6) is 0 Å². The average molecular weight is 182 g/mol. The fraction of sp³-hybridized carbons (Fsp3) is 0.375. The van der Waals surface area contributed by atoms with Gasteiger partial charge in [0, 0.05) is 0 Å². The lowest BCUT2D eigenvalue weighted by atomic mass is 10.3. The molecular weight excluding hydrogens is 168 g/mol. The van der Waals surface area contributed by atoms with Gasteiger partial charge in [-0.1, -0.05) is 6.08 Å². The summed E-state index contributed by atoms with van der Waals surface area (Å²) in [6.07, 6.45) is 7.56. The van der Waals surface area contributed by atoms with Gasteiger partial charge in [-0.2, -0.15) is 0 Å². The van der Waals surface area contributed by atoms with Gasteiger partial charge in [0.15, 0.2) is 0 Å². The standard InChI is InChI=1S/C7H11N3.CH3NO/c8-5-10-7(9)4-3-6-1-2-6;2-1-3/h3-6H,1-2H2,(H3,8,9,10);1H,(H2,2,3)/b4-3+;. The van der Waals surface area contributed by atoms with E-state index in [0.717, 1.165) is 12.3 Å². The molecule has 1 aliphatic carbocycles. The third-order valence-electron chi connectivity index (χ3n) is 1.37. The van der Waals surface area contributed by atoms with Crippen LogP contribution in [-0.2, 0) is 4.79 Å². The van der Waals surface area contributed by atoms with Crippen molar-refractivity contribution in [3.05, 3.63) is 12.2 Å². The molecule has 0 radical (unpaired) electrons. The highest BCUT2D eigenvalue weighted by molar-refractivity contribution is 5.95. The summed E-state index contributed by atoms with van der Waals surface area (Å²) in [6.45, 7) is 0. The van der Waals surface area contributed by atoms with E-state index in [0.29, 0.717) is 5.84 Å². The van der Waals surface area contributed by atoms with Crippen molar-refractivity contribution < 1.29 is 4.79 Å². The molecule has 5 heteroatoms. The summed E-state index contributed by atoms with van der Waals surface area (Å²) in [5, 5.41) is 6.61. The van der Waals surface area contributed by atoms with Gasteiger partial charge >= 0.3 is 0 Å². The minimum atomic E-state index is 0.250. The smallest absolute Gasteiger partial charge is 0.204 e. The molecule has 0 heterocycles. The number of nitrogens with two attached hydrogens (primary N) is 2. The molecule has 0 aromatic rings. The zero-order valence-electron chi connectivity index (χ0n) is 7.31. The quantitative estimate of drug-likeness (QED) is 0.325. The number of hydrogen-bond acceptors (Lipinski definition) is 2. The summed E-state index contributed by atoms with van der Waals surface area (Å²) < 4.78 is 0. The second kappa shape index (κ2) is 7.02. The predicted octanol–water partition coefficient (Wildman–Crippen LogP) is 0.0184. The number of amides is 1. The van der Waals surface area contributed by atoms with Crippen molar-refractivity contribution in [1.29, 1.82) is 5.41 Å². The maximum Gasteiger partial charge on any atom is 0.204 e. The second-order valence-electron chi connectivity index (χ2n) is 2.52. The molecule has 13 heavy (non-hydrogen) atoms. The Labute approximate surface area is 77.0 Å². The van der Waals surface area contributed by atoms with Gasteiger partial charge in [0.05, 0.1) is 0 Å². The summed E-state index contributed by atoms with van der Waals surface area (Å²) >= 11 is 0. The molecule has 1 rings (SSSR count). The Morgan fingerprint density at radius 1 is 1.54 bits per heavy atom. The monoisotopic (exact) mass is 182 g/mol. The molecule has 0 aromatic carbocycles. The van der Waals surface area contributed by atoms with Crippen molar-refractivity contribution >= 4 is 18.6 Å². The molecule has 1 saturated carbocycles. The fourth-order valence-electron chi connectivity index (χ4n) is 0.641. The molecule has 0 aliphatic heterocycles. The first-order valence-electron chi connectivity index (χ1n) is 3.90. The first kappa shape index (κ1) is 11.4. The lowest BCUT2D eigenvalue weighted by Gasteiger charge is -1.85. The zero-order valence-corrected chi connectivity index (χ0v) is 7.31. The van der Waals surface area contributed by atoms with Crippen molar-refractivity contribution in [2.45, 2.75) is 12.8 Å². The summed E-state index contributed by atoms with van der Waals surface area (Å²) in [5.41, 5.74) is 9.54. The van der Waals surface area contributed by atoms with Gasteiger partial charge in [0.1, 0.15) is 12.2 Å². The Bertz CT molecular complexity index is 218. The highest BCUT2D eigenvalue weighted by Gasteiger charge is 2.16. The average Bonchev–Trinajstić information content (AvgIpc) is 2.86. The summed E-state index contributed by atoms with van der Waals surface area (Å²) in [4.78, 5) is 12.2. The van der Waals surface area contributed by atoms with Crippen LogP contribution < -0.4 is 11.5 Å². The minimum Gasteiger partial charge on any atom is -0.384 e. The first-order chi connectivity index (χ1) is 6.24. The Balaban J connectivity index is 0.000000424. The summed E-state index contributed by atoms with van der Waals surface area (Å²) in [5.74, 6) is 1.14. The Kier molecular flexibility index (Phi) is 6.13. The predicted molar refractivity (Wildman–Crippen MR) is 52.5 cm³/mol. The molecule has 1 aliphatic rings. The fourth-order valence-corrected chi connectivity index (χ4v) is 0.641. The molecule has 1 amide bonds. The Morgan fingerprint density at radius 2 is 2.08 bits per heavy atom.